The van der Waals surface area contributed by atoms with E-state index in [2.05, 4.69) is 25.8 Å². The summed E-state index contributed by atoms with van der Waals surface area (Å²) in [6.45, 7) is 3.09. The topological polar surface area (TPSA) is 61.9 Å². The highest BCUT2D eigenvalue weighted by molar-refractivity contribution is 9.10. The summed E-state index contributed by atoms with van der Waals surface area (Å²) in [5, 5.41) is 0. The molecule has 1 heterocycles. The minimum absolute atomic E-state index is 0.216. The summed E-state index contributed by atoms with van der Waals surface area (Å²) in [5.74, 6) is -1.02. The number of piperazine rings is 1. The van der Waals surface area contributed by atoms with Gasteiger partial charge in [0.1, 0.15) is 5.82 Å². The van der Waals surface area contributed by atoms with Gasteiger partial charge in [-0.05, 0) is 30.8 Å². The number of carbonyl (C=O) groups is 1. The number of hydrogen-bond acceptors (Lipinski definition) is 4. The molecule has 0 atom stereocenters. The number of amides is 1. The van der Waals surface area contributed by atoms with Crippen LogP contribution in [0.1, 0.15) is 15.9 Å². The van der Waals surface area contributed by atoms with Crippen molar-refractivity contribution in [2.45, 2.75) is 0 Å². The Morgan fingerprint density at radius 2 is 1.85 bits per heavy atom. The molecule has 5 nitrogen and oxygen atoms in total. The number of rotatable bonds is 4. The molecule has 2 aromatic rings. The van der Waals surface area contributed by atoms with Crippen LogP contribution in [0.15, 0.2) is 45.9 Å². The fraction of sp³-hybridized carbons (Fsp3) is 0.263. The number of carbonyl (C=O) groups excluding carboxylic acids is 1. The fourth-order valence-corrected chi connectivity index (χ4v) is 3.10. The Morgan fingerprint density at radius 1 is 1.19 bits per heavy atom. The Morgan fingerprint density at radius 3 is 2.46 bits per heavy atom. The number of benzene rings is 2. The van der Waals surface area contributed by atoms with Crippen molar-refractivity contribution in [3.05, 3.63) is 57.8 Å². The van der Waals surface area contributed by atoms with Gasteiger partial charge in [-0.1, -0.05) is 28.1 Å². The normalized spacial score (nSPS) is 15.6. The average molecular weight is 419 g/mol. The van der Waals surface area contributed by atoms with Crippen molar-refractivity contribution in [3.8, 4) is 0 Å². The van der Waals surface area contributed by atoms with Crippen molar-refractivity contribution in [1.29, 1.82) is 0 Å². The number of anilines is 1. The van der Waals surface area contributed by atoms with E-state index in [9.17, 15) is 9.18 Å². The number of nitrogens with two attached hydrogens (primary N) is 1. The van der Waals surface area contributed by atoms with Gasteiger partial charge in [0.2, 0.25) is 0 Å². The van der Waals surface area contributed by atoms with Crippen LogP contribution in [0.4, 0.5) is 15.8 Å². The molecule has 2 N–H and O–H groups in total. The zero-order chi connectivity index (χ0) is 18.7. The van der Waals surface area contributed by atoms with E-state index in [1.807, 2.05) is 36.2 Å². The number of halogens is 2. The Bertz CT molecular complexity index is 830. The zero-order valence-electron chi connectivity index (χ0n) is 14.5. The number of nitrogens with zero attached hydrogens (tertiary/aromatic N) is 3. The Hall–Kier alpha value is -2.25. The molecule has 3 rings (SSSR count). The third-order valence-electron chi connectivity index (χ3n) is 4.40. The van der Waals surface area contributed by atoms with Crippen LogP contribution in [0.5, 0.6) is 0 Å². The molecule has 2 aromatic carbocycles. The second-order valence-electron chi connectivity index (χ2n) is 6.29. The number of likely N-dealkylation sites (N-methyl/N-ethyl adjacent to an activating group) is 1. The lowest BCUT2D eigenvalue weighted by atomic mass is 10.1. The van der Waals surface area contributed by atoms with Crippen LogP contribution in [0, 0.1) is 5.82 Å². The molecular weight excluding hydrogens is 399 g/mol. The summed E-state index contributed by atoms with van der Waals surface area (Å²) in [7, 11) is 2.03. The maximum atomic E-state index is 14.7. The molecule has 1 saturated heterocycles. The lowest BCUT2D eigenvalue weighted by molar-refractivity contribution is 0.100. The van der Waals surface area contributed by atoms with E-state index < -0.39 is 11.7 Å². The van der Waals surface area contributed by atoms with Gasteiger partial charge in [0, 0.05) is 42.9 Å². The van der Waals surface area contributed by atoms with Gasteiger partial charge in [0.15, 0.2) is 0 Å². The van der Waals surface area contributed by atoms with Crippen LogP contribution < -0.4 is 10.6 Å². The van der Waals surface area contributed by atoms with Crippen LogP contribution in [0.3, 0.4) is 0 Å². The SMILES string of the molecule is CN1CCN(c2cc(C(N)=O)c(N=Cc3ccc(Br)cc3)cc2F)CC1. The summed E-state index contributed by atoms with van der Waals surface area (Å²) in [6, 6.07) is 10.3. The molecule has 1 aliphatic heterocycles. The molecule has 0 aliphatic carbocycles. The molecule has 7 heteroatoms. The monoisotopic (exact) mass is 418 g/mol. The van der Waals surface area contributed by atoms with Gasteiger partial charge in [-0.2, -0.15) is 0 Å². The summed E-state index contributed by atoms with van der Waals surface area (Å²) in [5.41, 5.74) is 7.19. The third-order valence-corrected chi connectivity index (χ3v) is 4.93. The molecule has 1 aliphatic rings. The van der Waals surface area contributed by atoms with Crippen molar-refractivity contribution < 1.29 is 9.18 Å². The van der Waals surface area contributed by atoms with Gasteiger partial charge in [-0.15, -0.1) is 0 Å². The first-order valence-electron chi connectivity index (χ1n) is 8.30. The molecule has 1 amide bonds. The molecule has 26 heavy (non-hydrogen) atoms. The van der Waals surface area contributed by atoms with E-state index >= 15 is 0 Å². The number of hydrogen-bond donors (Lipinski definition) is 1. The van der Waals surface area contributed by atoms with Gasteiger partial charge in [0.25, 0.3) is 5.91 Å². The van der Waals surface area contributed by atoms with Crippen molar-refractivity contribution in [2.24, 2.45) is 10.7 Å². The first-order valence-corrected chi connectivity index (χ1v) is 9.10. The van der Waals surface area contributed by atoms with Crippen LogP contribution in [-0.4, -0.2) is 50.2 Å². The molecule has 136 valence electrons. The van der Waals surface area contributed by atoms with Gasteiger partial charge < -0.3 is 15.5 Å². The van der Waals surface area contributed by atoms with Crippen molar-refractivity contribution in [3.63, 3.8) is 0 Å². The van der Waals surface area contributed by atoms with E-state index in [0.717, 1.165) is 23.1 Å². The second kappa shape index (κ2) is 7.97. The van der Waals surface area contributed by atoms with E-state index in [4.69, 9.17) is 5.73 Å². The predicted molar refractivity (Wildman–Crippen MR) is 106 cm³/mol. The van der Waals surface area contributed by atoms with E-state index in [-0.39, 0.29) is 11.3 Å². The van der Waals surface area contributed by atoms with Crippen molar-refractivity contribution in [1.82, 2.24) is 4.90 Å². The molecule has 0 bridgehead atoms. The van der Waals surface area contributed by atoms with E-state index in [1.54, 1.807) is 6.21 Å². The van der Waals surface area contributed by atoms with Crippen molar-refractivity contribution >= 4 is 39.4 Å². The highest BCUT2D eigenvalue weighted by Crippen LogP contribution is 2.29. The van der Waals surface area contributed by atoms with Crippen LogP contribution in [0.2, 0.25) is 0 Å². The van der Waals surface area contributed by atoms with Crippen LogP contribution in [-0.2, 0) is 0 Å². The first-order chi connectivity index (χ1) is 12.4. The van der Waals surface area contributed by atoms with Crippen molar-refractivity contribution in [2.75, 3.05) is 38.1 Å². The highest BCUT2D eigenvalue weighted by Gasteiger charge is 2.20. The smallest absolute Gasteiger partial charge is 0.250 e. The highest BCUT2D eigenvalue weighted by atomic mass is 79.9. The minimum atomic E-state index is -0.622. The maximum absolute atomic E-state index is 14.7. The average Bonchev–Trinajstić information content (AvgIpc) is 2.62. The number of aliphatic imine (C=N–C) groups is 1. The van der Waals surface area contributed by atoms with Crippen LogP contribution in [0.25, 0.3) is 0 Å². The molecule has 0 unspecified atom stereocenters. The molecule has 0 aromatic heterocycles. The van der Waals surface area contributed by atoms with E-state index in [0.29, 0.717) is 18.8 Å². The molecule has 0 spiro atoms. The summed E-state index contributed by atoms with van der Waals surface area (Å²) in [4.78, 5) is 20.3. The third kappa shape index (κ3) is 4.28. The van der Waals surface area contributed by atoms with Gasteiger partial charge in [0.05, 0.1) is 16.9 Å². The van der Waals surface area contributed by atoms with Crippen LogP contribution >= 0.6 is 15.9 Å². The van der Waals surface area contributed by atoms with E-state index in [1.165, 1.54) is 12.1 Å². The lowest BCUT2D eigenvalue weighted by Gasteiger charge is -2.34. The largest absolute Gasteiger partial charge is 0.367 e. The van der Waals surface area contributed by atoms with Gasteiger partial charge in [-0.3, -0.25) is 9.79 Å². The summed E-state index contributed by atoms with van der Waals surface area (Å²) < 4.78 is 15.6. The summed E-state index contributed by atoms with van der Waals surface area (Å²) >= 11 is 3.37. The second-order valence-corrected chi connectivity index (χ2v) is 7.20. The molecular formula is C19H20BrFN4O. The van der Waals surface area contributed by atoms with Gasteiger partial charge >= 0.3 is 0 Å². The minimum Gasteiger partial charge on any atom is -0.367 e. The standard InChI is InChI=1S/C19H20BrFN4O/c1-24-6-8-25(9-7-24)18-10-15(19(22)26)17(11-16(18)21)23-12-13-2-4-14(20)5-3-13/h2-5,10-12H,6-9H2,1H3,(H2,22,26). The molecule has 1 fully saturated rings. The summed E-state index contributed by atoms with van der Waals surface area (Å²) in [6.07, 6.45) is 1.59. The molecule has 0 radical (unpaired) electrons. The Balaban J connectivity index is 1.91. The predicted octanol–water partition coefficient (Wildman–Crippen LogP) is 3.19. The Labute approximate surface area is 160 Å². The molecule has 0 saturated carbocycles. The maximum Gasteiger partial charge on any atom is 0.250 e. The lowest BCUT2D eigenvalue weighted by Crippen LogP contribution is -2.44. The zero-order valence-corrected chi connectivity index (χ0v) is 16.0. The Kier molecular flexibility index (Phi) is 5.68. The number of primary amides is 1. The van der Waals surface area contributed by atoms with Gasteiger partial charge in [-0.25, -0.2) is 4.39 Å². The fourth-order valence-electron chi connectivity index (χ4n) is 2.84. The first kappa shape index (κ1) is 18.5. The quantitative estimate of drug-likeness (QED) is 0.775.